The van der Waals surface area contributed by atoms with Crippen molar-refractivity contribution in [3.8, 4) is 0 Å². The molecule has 1 aliphatic rings. The number of nitrogens with two attached hydrogens (primary N) is 1. The molecule has 1 aliphatic heterocycles. The number of nitrogens with zero attached hydrogens (tertiary/aromatic N) is 3. The maximum atomic E-state index is 14.0. The molecular weight excluding hydrogens is 789 g/mol. The molecule has 1 aromatic carbocycles. The van der Waals surface area contributed by atoms with Gasteiger partial charge in [-0.2, -0.15) is 0 Å². The molecule has 0 aliphatic carbocycles. The molecule has 1 saturated heterocycles. The molecule has 5 rings (SSSR count). The standard InChI is InChI=1S/C41H56N12O8/c1-5-23(4)34(42)38(57)49-29(13-24-16-45-28-10-7-6-9-27(24)28)36(55)46-19-33(54)52-35(22(2)3)39(58)50-30(14-25-17-43-20-47-25)37(56)51-31(15-26-18-44-21-48-26)40(59)53-12-8-11-32(53)41(60)61/h6-7,9-10,16-18,20-23,29-32,34-35,45H,5,8,11-15,19,42H2,1-4H3,(H,43,47)(H,44,48)(H,46,55)(H,49,57)(H,50,58)(H,51,56)(H,52,54)(H,60,61)/t23-,29-,30-,31-,32-,34-,35-/m0/s1. The lowest BCUT2D eigenvalue weighted by Crippen LogP contribution is -2.60. The first-order chi connectivity index (χ1) is 29.2. The van der Waals surface area contributed by atoms with E-state index in [1.165, 1.54) is 29.9 Å². The van der Waals surface area contributed by atoms with Gasteiger partial charge in [0.2, 0.25) is 35.4 Å². The Labute approximate surface area is 352 Å². The van der Waals surface area contributed by atoms with Crippen LogP contribution < -0.4 is 32.3 Å². The Morgan fingerprint density at radius 1 is 0.820 bits per heavy atom. The molecule has 20 heteroatoms. The van der Waals surface area contributed by atoms with Gasteiger partial charge < -0.3 is 57.3 Å². The average molecular weight is 845 g/mol. The van der Waals surface area contributed by atoms with E-state index in [0.29, 0.717) is 24.2 Å². The Hall–Kier alpha value is -6.57. The number of hydrogen-bond donors (Lipinski definition) is 10. The van der Waals surface area contributed by atoms with Gasteiger partial charge in [0.05, 0.1) is 25.2 Å². The van der Waals surface area contributed by atoms with Crippen molar-refractivity contribution in [2.75, 3.05) is 13.1 Å². The van der Waals surface area contributed by atoms with E-state index in [2.05, 4.69) is 51.5 Å². The van der Waals surface area contributed by atoms with Gasteiger partial charge in [-0.15, -0.1) is 0 Å². The number of carboxylic acids is 1. The Morgan fingerprint density at radius 3 is 2.07 bits per heavy atom. The lowest BCUT2D eigenvalue weighted by Gasteiger charge is -2.29. The molecule has 0 unspecified atom stereocenters. The number of aromatic amines is 3. The van der Waals surface area contributed by atoms with Crippen LogP contribution in [0.4, 0.5) is 0 Å². The third-order valence-corrected chi connectivity index (χ3v) is 11.0. The van der Waals surface area contributed by atoms with Crippen molar-refractivity contribution in [3.63, 3.8) is 0 Å². The number of rotatable bonds is 21. The summed E-state index contributed by atoms with van der Waals surface area (Å²) < 4.78 is 0. The van der Waals surface area contributed by atoms with Crippen LogP contribution in [0.15, 0.2) is 55.5 Å². The van der Waals surface area contributed by atoms with Gasteiger partial charge in [-0.05, 0) is 36.3 Å². The quantitative estimate of drug-likeness (QED) is 0.0524. The first-order valence-electron chi connectivity index (χ1n) is 20.4. The third kappa shape index (κ3) is 12.0. The first kappa shape index (κ1) is 45.5. The van der Waals surface area contributed by atoms with Crippen LogP contribution >= 0.6 is 0 Å². The van der Waals surface area contributed by atoms with Crippen molar-refractivity contribution < 1.29 is 38.7 Å². The number of benzene rings is 1. The van der Waals surface area contributed by atoms with Crippen molar-refractivity contribution in [2.45, 2.75) is 102 Å². The normalized spacial score (nSPS) is 16.8. The molecule has 0 bridgehead atoms. The van der Waals surface area contributed by atoms with Crippen molar-refractivity contribution >= 4 is 52.3 Å². The van der Waals surface area contributed by atoms with E-state index in [9.17, 15) is 38.7 Å². The first-order valence-corrected chi connectivity index (χ1v) is 20.4. The van der Waals surface area contributed by atoms with Crippen LogP contribution in [0.3, 0.4) is 0 Å². The lowest BCUT2D eigenvalue weighted by molar-refractivity contribution is -0.149. The molecule has 0 saturated carbocycles. The summed E-state index contributed by atoms with van der Waals surface area (Å²) in [6, 6.07) is 0.815. The summed E-state index contributed by atoms with van der Waals surface area (Å²) in [6.45, 7) is 6.77. The van der Waals surface area contributed by atoms with Gasteiger partial charge in [-0.25, -0.2) is 14.8 Å². The number of likely N-dealkylation sites (tertiary alicyclic amines) is 1. The molecule has 4 aromatic rings. The molecule has 61 heavy (non-hydrogen) atoms. The SMILES string of the molecule is CC[C@H](C)[C@H](N)C(=O)N[C@@H](Cc1c[nH]c2ccccc12)C(=O)NCC(=O)N[C@H](C(=O)N[C@@H](Cc1cnc[nH]1)C(=O)N[C@@H](Cc1cnc[nH]1)C(=O)N1CCC[C@H]1C(=O)O)C(C)C. The zero-order valence-corrected chi connectivity index (χ0v) is 34.7. The molecule has 11 N–H and O–H groups in total. The number of para-hydroxylation sites is 1. The Bertz CT molecular complexity index is 2140. The molecule has 0 radical (unpaired) electrons. The topological polar surface area (TPSA) is 302 Å². The number of nitrogens with one attached hydrogen (secondary N) is 8. The Kier molecular flexibility index (Phi) is 15.7. The average Bonchev–Trinajstić information content (AvgIpc) is 4.09. The summed E-state index contributed by atoms with van der Waals surface area (Å²) >= 11 is 0. The van der Waals surface area contributed by atoms with Gasteiger partial charge in [0, 0.05) is 66.7 Å². The number of hydrogen-bond acceptors (Lipinski definition) is 10. The van der Waals surface area contributed by atoms with E-state index in [-0.39, 0.29) is 38.1 Å². The minimum atomic E-state index is -1.28. The molecule has 328 valence electrons. The van der Waals surface area contributed by atoms with Gasteiger partial charge in [0.15, 0.2) is 0 Å². The molecule has 0 spiro atoms. The number of imidazole rings is 2. The van der Waals surface area contributed by atoms with Crippen LogP contribution in [-0.2, 0) is 52.8 Å². The summed E-state index contributed by atoms with van der Waals surface area (Å²) in [7, 11) is 0. The fourth-order valence-electron chi connectivity index (χ4n) is 7.22. The highest BCUT2D eigenvalue weighted by Gasteiger charge is 2.39. The fourth-order valence-corrected chi connectivity index (χ4v) is 7.22. The van der Waals surface area contributed by atoms with Crippen LogP contribution in [-0.4, -0.2) is 126 Å². The number of aromatic nitrogens is 5. The van der Waals surface area contributed by atoms with Crippen molar-refractivity contribution in [2.24, 2.45) is 17.6 Å². The van der Waals surface area contributed by atoms with E-state index in [1.807, 2.05) is 38.1 Å². The highest BCUT2D eigenvalue weighted by atomic mass is 16.4. The van der Waals surface area contributed by atoms with E-state index < -0.39 is 90.1 Å². The summed E-state index contributed by atoms with van der Waals surface area (Å²) in [6.07, 6.45) is 8.89. The van der Waals surface area contributed by atoms with Crippen LogP contribution in [0.25, 0.3) is 10.9 Å². The maximum Gasteiger partial charge on any atom is 0.326 e. The molecular formula is C41H56N12O8. The van der Waals surface area contributed by atoms with E-state index in [1.54, 1.807) is 20.0 Å². The molecule has 1 fully saturated rings. The second-order valence-electron chi connectivity index (χ2n) is 15.8. The second kappa shape index (κ2) is 21.1. The molecule has 6 amide bonds. The molecule has 20 nitrogen and oxygen atoms in total. The van der Waals surface area contributed by atoms with Crippen LogP contribution in [0.1, 0.15) is 63.9 Å². The number of H-pyrrole nitrogens is 3. The van der Waals surface area contributed by atoms with Gasteiger partial charge in [0.1, 0.15) is 30.2 Å². The van der Waals surface area contributed by atoms with Gasteiger partial charge in [0.25, 0.3) is 0 Å². The number of carbonyl (C=O) groups excluding carboxylic acids is 6. The second-order valence-corrected chi connectivity index (χ2v) is 15.8. The highest BCUT2D eigenvalue weighted by molar-refractivity contribution is 5.97. The highest BCUT2D eigenvalue weighted by Crippen LogP contribution is 2.21. The van der Waals surface area contributed by atoms with Gasteiger partial charge in [-0.1, -0.05) is 52.3 Å². The smallest absolute Gasteiger partial charge is 0.326 e. The van der Waals surface area contributed by atoms with E-state index in [0.717, 1.165) is 16.5 Å². The maximum absolute atomic E-state index is 14.0. The number of amides is 6. The Morgan fingerprint density at radius 2 is 1.44 bits per heavy atom. The number of aliphatic carboxylic acids is 1. The monoisotopic (exact) mass is 844 g/mol. The zero-order valence-electron chi connectivity index (χ0n) is 34.7. The summed E-state index contributed by atoms with van der Waals surface area (Å²) in [5.74, 6) is -5.74. The van der Waals surface area contributed by atoms with Crippen LogP contribution in [0.5, 0.6) is 0 Å². The van der Waals surface area contributed by atoms with Crippen molar-refractivity contribution in [1.82, 2.24) is 56.4 Å². The van der Waals surface area contributed by atoms with Crippen LogP contribution in [0, 0.1) is 11.8 Å². The third-order valence-electron chi connectivity index (χ3n) is 11.0. The summed E-state index contributed by atoms with van der Waals surface area (Å²) in [5, 5.41) is 24.0. The molecule has 3 aromatic heterocycles. The summed E-state index contributed by atoms with van der Waals surface area (Å²) in [4.78, 5) is 112. The lowest BCUT2D eigenvalue weighted by atomic mass is 9.98. The Balaban J connectivity index is 1.27. The number of carboxylic acid groups (broad SMARTS) is 1. The van der Waals surface area contributed by atoms with E-state index in [4.69, 9.17) is 5.73 Å². The van der Waals surface area contributed by atoms with Crippen molar-refractivity contribution in [1.29, 1.82) is 0 Å². The molecule has 7 atom stereocenters. The zero-order chi connectivity index (χ0) is 44.2. The largest absolute Gasteiger partial charge is 0.480 e. The number of fused-ring (bicyclic) bond motifs is 1. The number of carbonyl (C=O) groups is 7. The predicted octanol–water partition coefficient (Wildman–Crippen LogP) is -0.198. The van der Waals surface area contributed by atoms with Crippen LogP contribution in [0.2, 0.25) is 0 Å². The van der Waals surface area contributed by atoms with Gasteiger partial charge in [-0.3, -0.25) is 28.8 Å². The molecule has 4 heterocycles. The fraction of sp³-hybridized carbons (Fsp3) is 0.488. The summed E-state index contributed by atoms with van der Waals surface area (Å²) in [5.41, 5.74) is 8.79. The van der Waals surface area contributed by atoms with Crippen molar-refractivity contribution in [3.05, 3.63) is 72.5 Å². The minimum Gasteiger partial charge on any atom is -0.480 e. The minimum absolute atomic E-state index is 0.0362. The van der Waals surface area contributed by atoms with E-state index >= 15 is 0 Å². The van der Waals surface area contributed by atoms with Gasteiger partial charge >= 0.3 is 5.97 Å². The predicted molar refractivity (Wildman–Crippen MR) is 222 cm³/mol.